The second-order valence-corrected chi connectivity index (χ2v) is 5.84. The lowest BCUT2D eigenvalue weighted by atomic mass is 10.1. The number of nitrogens with one attached hydrogen (secondary N) is 1. The summed E-state index contributed by atoms with van der Waals surface area (Å²) in [5, 5.41) is 9.68. The fraction of sp³-hybridized carbons (Fsp3) is 0.417. The minimum atomic E-state index is 0.407. The molecule has 1 unspecified atom stereocenters. The highest BCUT2D eigenvalue weighted by atomic mass is 79.9. The summed E-state index contributed by atoms with van der Waals surface area (Å²) in [6, 6.07) is 2.51. The summed E-state index contributed by atoms with van der Waals surface area (Å²) in [6.07, 6.45) is 6.15. The van der Waals surface area contributed by atoms with Gasteiger partial charge in [-0.3, -0.25) is 4.68 Å². The van der Waals surface area contributed by atoms with E-state index in [9.17, 15) is 0 Å². The van der Waals surface area contributed by atoms with Crippen LogP contribution < -0.4 is 5.32 Å². The van der Waals surface area contributed by atoms with Crippen molar-refractivity contribution >= 4 is 27.3 Å². The highest BCUT2D eigenvalue weighted by molar-refractivity contribution is 9.10. The second-order valence-electron chi connectivity index (χ2n) is 4.03. The molecule has 0 saturated carbocycles. The summed E-state index contributed by atoms with van der Waals surface area (Å²) in [5.41, 5.74) is 1.29. The first-order chi connectivity index (χ1) is 8.20. The molecule has 5 heteroatoms. The van der Waals surface area contributed by atoms with Crippen LogP contribution >= 0.6 is 27.3 Å². The van der Waals surface area contributed by atoms with E-state index in [0.717, 1.165) is 12.8 Å². The molecule has 2 aromatic rings. The first-order valence-corrected chi connectivity index (χ1v) is 7.25. The van der Waals surface area contributed by atoms with Crippen LogP contribution in [0.25, 0.3) is 0 Å². The van der Waals surface area contributed by atoms with Crippen LogP contribution in [0.2, 0.25) is 0 Å². The predicted octanol–water partition coefficient (Wildman–Crippen LogP) is 3.14. The van der Waals surface area contributed by atoms with Crippen LogP contribution in [0.3, 0.4) is 0 Å². The van der Waals surface area contributed by atoms with Gasteiger partial charge in [0.1, 0.15) is 0 Å². The third-order valence-electron chi connectivity index (χ3n) is 2.79. The summed E-state index contributed by atoms with van der Waals surface area (Å²) in [5.74, 6) is 0. The van der Waals surface area contributed by atoms with Crippen LogP contribution in [0.4, 0.5) is 0 Å². The Balaban J connectivity index is 1.99. The molecule has 92 valence electrons. The van der Waals surface area contributed by atoms with E-state index in [-0.39, 0.29) is 0 Å². The van der Waals surface area contributed by atoms with Gasteiger partial charge < -0.3 is 5.32 Å². The largest absolute Gasteiger partial charge is 0.312 e. The Hall–Kier alpha value is -0.650. The minimum Gasteiger partial charge on any atom is -0.312 e. The molecule has 0 aromatic carbocycles. The number of rotatable bonds is 5. The molecular weight excluding hydrogens is 298 g/mol. The van der Waals surface area contributed by atoms with Crippen molar-refractivity contribution in [1.29, 1.82) is 0 Å². The van der Waals surface area contributed by atoms with Gasteiger partial charge in [-0.25, -0.2) is 0 Å². The fourth-order valence-corrected chi connectivity index (χ4v) is 3.67. The van der Waals surface area contributed by atoms with E-state index in [2.05, 4.69) is 44.0 Å². The van der Waals surface area contributed by atoms with Crippen molar-refractivity contribution in [3.8, 4) is 0 Å². The Morgan fingerprint density at radius 1 is 1.59 bits per heavy atom. The Morgan fingerprint density at radius 2 is 2.41 bits per heavy atom. The molecule has 2 aromatic heterocycles. The van der Waals surface area contributed by atoms with Crippen molar-refractivity contribution in [3.63, 3.8) is 0 Å². The van der Waals surface area contributed by atoms with Gasteiger partial charge >= 0.3 is 0 Å². The van der Waals surface area contributed by atoms with E-state index in [1.165, 1.54) is 14.9 Å². The van der Waals surface area contributed by atoms with Gasteiger partial charge in [0.15, 0.2) is 0 Å². The van der Waals surface area contributed by atoms with Gasteiger partial charge in [-0.15, -0.1) is 11.3 Å². The van der Waals surface area contributed by atoms with Gasteiger partial charge in [-0.05, 0) is 52.8 Å². The number of nitrogens with zero attached hydrogens (tertiary/aromatic N) is 2. The zero-order valence-corrected chi connectivity index (χ0v) is 12.4. The van der Waals surface area contributed by atoms with Gasteiger partial charge in [0.05, 0.1) is 6.20 Å². The number of aromatic nitrogens is 2. The lowest BCUT2D eigenvalue weighted by molar-refractivity contribution is 0.556. The highest BCUT2D eigenvalue weighted by Gasteiger charge is 2.14. The van der Waals surface area contributed by atoms with Crippen molar-refractivity contribution in [3.05, 3.63) is 38.8 Å². The van der Waals surface area contributed by atoms with E-state index in [0.29, 0.717) is 6.04 Å². The van der Waals surface area contributed by atoms with Crippen LogP contribution in [0, 0.1) is 0 Å². The van der Waals surface area contributed by atoms with Crippen LogP contribution in [0.15, 0.2) is 28.3 Å². The van der Waals surface area contributed by atoms with E-state index < -0.39 is 0 Å². The summed E-state index contributed by atoms with van der Waals surface area (Å²) in [6.45, 7) is 0. The predicted molar refractivity (Wildman–Crippen MR) is 75.3 cm³/mol. The maximum Gasteiger partial charge on any atom is 0.0521 e. The van der Waals surface area contributed by atoms with Crippen LogP contribution in [-0.4, -0.2) is 16.8 Å². The van der Waals surface area contributed by atoms with E-state index >= 15 is 0 Å². The number of hydrogen-bond acceptors (Lipinski definition) is 3. The maximum absolute atomic E-state index is 4.19. The van der Waals surface area contributed by atoms with Crippen molar-refractivity contribution in [2.45, 2.75) is 18.9 Å². The maximum atomic E-state index is 4.19. The number of hydrogen-bond donors (Lipinski definition) is 1. The zero-order valence-electron chi connectivity index (χ0n) is 9.98. The molecule has 0 amide bonds. The van der Waals surface area contributed by atoms with E-state index in [1.807, 2.05) is 25.0 Å². The molecule has 0 radical (unpaired) electrons. The summed E-state index contributed by atoms with van der Waals surface area (Å²) in [4.78, 5) is 1.37. The molecule has 2 rings (SSSR count). The standard InChI is InChI=1S/C12H16BrN3S/c1-14-11(12-10(13)5-6-17-12)4-3-9-7-15-16(2)8-9/h5-8,11,14H,3-4H2,1-2H3. The molecule has 0 aliphatic carbocycles. The highest BCUT2D eigenvalue weighted by Crippen LogP contribution is 2.31. The molecule has 0 spiro atoms. The Morgan fingerprint density at radius 3 is 2.94 bits per heavy atom. The normalized spacial score (nSPS) is 12.9. The monoisotopic (exact) mass is 313 g/mol. The van der Waals surface area contributed by atoms with Crippen molar-refractivity contribution < 1.29 is 0 Å². The first-order valence-electron chi connectivity index (χ1n) is 5.58. The molecule has 1 N–H and O–H groups in total. The number of aryl methyl sites for hydroxylation is 2. The van der Waals surface area contributed by atoms with Gasteiger partial charge in [0.2, 0.25) is 0 Å². The molecule has 0 aliphatic rings. The lowest BCUT2D eigenvalue weighted by Crippen LogP contribution is -2.16. The van der Waals surface area contributed by atoms with E-state index in [4.69, 9.17) is 0 Å². The molecule has 0 aliphatic heterocycles. The van der Waals surface area contributed by atoms with E-state index in [1.54, 1.807) is 11.3 Å². The van der Waals surface area contributed by atoms with Gasteiger partial charge in [-0.1, -0.05) is 0 Å². The van der Waals surface area contributed by atoms with Crippen LogP contribution in [0.5, 0.6) is 0 Å². The van der Waals surface area contributed by atoms with Crippen LogP contribution in [-0.2, 0) is 13.5 Å². The van der Waals surface area contributed by atoms with Gasteiger partial charge in [0.25, 0.3) is 0 Å². The number of halogens is 1. The first kappa shape index (κ1) is 12.8. The summed E-state index contributed by atoms with van der Waals surface area (Å²) >= 11 is 5.38. The van der Waals surface area contributed by atoms with Gasteiger partial charge in [0, 0.05) is 28.6 Å². The smallest absolute Gasteiger partial charge is 0.0521 e. The molecule has 1 atom stereocenters. The van der Waals surface area contributed by atoms with Gasteiger partial charge in [-0.2, -0.15) is 5.10 Å². The molecule has 0 bridgehead atoms. The van der Waals surface area contributed by atoms with Crippen molar-refractivity contribution in [1.82, 2.24) is 15.1 Å². The Kier molecular flexibility index (Phi) is 4.36. The third-order valence-corrected chi connectivity index (χ3v) is 4.77. The Labute approximate surface area is 114 Å². The average molecular weight is 314 g/mol. The van der Waals surface area contributed by atoms with Crippen molar-refractivity contribution in [2.75, 3.05) is 7.05 Å². The molecular formula is C12H16BrN3S. The average Bonchev–Trinajstić information content (AvgIpc) is 2.90. The molecule has 3 nitrogen and oxygen atoms in total. The van der Waals surface area contributed by atoms with Crippen molar-refractivity contribution in [2.24, 2.45) is 7.05 Å². The Bertz CT molecular complexity index is 478. The second kappa shape index (κ2) is 5.80. The molecule has 0 fully saturated rings. The summed E-state index contributed by atoms with van der Waals surface area (Å²) in [7, 11) is 3.97. The molecule has 0 saturated heterocycles. The lowest BCUT2D eigenvalue weighted by Gasteiger charge is -2.14. The molecule has 17 heavy (non-hydrogen) atoms. The summed E-state index contributed by atoms with van der Waals surface area (Å²) < 4.78 is 3.05. The van der Waals surface area contributed by atoms with Crippen LogP contribution in [0.1, 0.15) is 22.9 Å². The number of thiophene rings is 1. The topological polar surface area (TPSA) is 29.9 Å². The SMILES string of the molecule is CNC(CCc1cnn(C)c1)c1sccc1Br. The zero-order chi connectivity index (χ0) is 12.3. The minimum absolute atomic E-state index is 0.407. The third kappa shape index (κ3) is 3.18. The quantitative estimate of drug-likeness (QED) is 0.919. The fourth-order valence-electron chi connectivity index (χ4n) is 1.87. The molecule has 2 heterocycles.